The van der Waals surface area contributed by atoms with Gasteiger partial charge in [0.1, 0.15) is 18.3 Å². The molecule has 35 heavy (non-hydrogen) atoms. The molecule has 4 aromatic rings. The fourth-order valence-corrected chi connectivity index (χ4v) is 5.82. The molecule has 2 atom stereocenters. The van der Waals surface area contributed by atoms with Crippen molar-refractivity contribution in [2.45, 2.75) is 16.2 Å². The number of nitrogens with two attached hydrogens (primary N) is 1. The van der Waals surface area contributed by atoms with Gasteiger partial charge >= 0.3 is 0 Å². The zero-order valence-electron chi connectivity index (χ0n) is 18.4. The van der Waals surface area contributed by atoms with Crippen LogP contribution in [-0.2, 0) is 9.59 Å². The molecule has 7 nitrogen and oxygen atoms in total. The van der Waals surface area contributed by atoms with E-state index in [-0.39, 0.29) is 6.54 Å². The zero-order chi connectivity index (χ0) is 24.5. The number of aromatic nitrogens is 1. The number of anilines is 1. The molecule has 0 bridgehead atoms. The Hall–Kier alpha value is -3.75. The van der Waals surface area contributed by atoms with E-state index in [0.717, 1.165) is 16.5 Å². The van der Waals surface area contributed by atoms with Crippen LogP contribution < -0.4 is 16.0 Å². The third-order valence-electron chi connectivity index (χ3n) is 5.80. The van der Waals surface area contributed by atoms with Crippen molar-refractivity contribution in [3.8, 4) is 0 Å². The minimum absolute atomic E-state index is 0.325. The summed E-state index contributed by atoms with van der Waals surface area (Å²) in [6.07, 6.45) is 0. The van der Waals surface area contributed by atoms with Crippen LogP contribution in [0.4, 0.5) is 5.69 Å². The van der Waals surface area contributed by atoms with E-state index in [1.165, 1.54) is 16.7 Å². The summed E-state index contributed by atoms with van der Waals surface area (Å²) in [5, 5.41) is 3.82. The van der Waals surface area contributed by atoms with Crippen LogP contribution in [-0.4, -0.2) is 35.3 Å². The number of H-pyrrole nitrogens is 1. The molecule has 2 heterocycles. The molecule has 1 aliphatic rings. The number of benzene rings is 3. The average molecular weight is 505 g/mol. The van der Waals surface area contributed by atoms with Gasteiger partial charge in [0.2, 0.25) is 5.91 Å². The summed E-state index contributed by atoms with van der Waals surface area (Å²) in [4.78, 5) is 44.3. The molecular formula is C26H21ClN4O3S. The van der Waals surface area contributed by atoms with E-state index in [1.54, 1.807) is 24.3 Å². The number of fused-ring (bicyclic) bond motifs is 2. The molecular weight excluding hydrogens is 484 g/mol. The molecule has 5 rings (SSSR count). The fraction of sp³-hybridized carbons (Fsp3) is 0.115. The quantitative estimate of drug-likeness (QED) is 0.377. The molecule has 9 heteroatoms. The molecule has 3 aromatic carbocycles. The summed E-state index contributed by atoms with van der Waals surface area (Å²) in [7, 11) is 0. The number of hydrogen-bond acceptors (Lipinski definition) is 4. The first-order valence-electron chi connectivity index (χ1n) is 10.9. The van der Waals surface area contributed by atoms with Crippen LogP contribution in [0.15, 0.2) is 83.8 Å². The van der Waals surface area contributed by atoms with Gasteiger partial charge in [-0.15, -0.1) is 11.8 Å². The molecule has 176 valence electrons. The third-order valence-corrected chi connectivity index (χ3v) is 7.42. The molecule has 0 radical (unpaired) electrons. The smallest absolute Gasteiger partial charge is 0.268 e. The molecule has 1 aliphatic heterocycles. The van der Waals surface area contributed by atoms with Crippen molar-refractivity contribution >= 4 is 57.7 Å². The largest absolute Gasteiger partial charge is 0.368 e. The van der Waals surface area contributed by atoms with Crippen molar-refractivity contribution in [1.29, 1.82) is 0 Å². The van der Waals surface area contributed by atoms with E-state index < -0.39 is 29.0 Å². The van der Waals surface area contributed by atoms with Gasteiger partial charge in [-0.3, -0.25) is 14.4 Å². The Morgan fingerprint density at radius 3 is 2.51 bits per heavy atom. The van der Waals surface area contributed by atoms with Crippen LogP contribution in [0.2, 0.25) is 5.02 Å². The van der Waals surface area contributed by atoms with Gasteiger partial charge < -0.3 is 20.9 Å². The summed E-state index contributed by atoms with van der Waals surface area (Å²) in [5.41, 5.74) is 8.01. The van der Waals surface area contributed by atoms with Crippen LogP contribution in [0.1, 0.15) is 21.3 Å². The van der Waals surface area contributed by atoms with E-state index in [0.29, 0.717) is 21.3 Å². The van der Waals surface area contributed by atoms with Crippen molar-refractivity contribution in [2.24, 2.45) is 5.73 Å². The van der Waals surface area contributed by atoms with Crippen molar-refractivity contribution in [2.75, 3.05) is 11.4 Å². The number of carbonyl (C=O) groups is 3. The van der Waals surface area contributed by atoms with Gasteiger partial charge in [0.25, 0.3) is 11.8 Å². The highest BCUT2D eigenvalue weighted by atomic mass is 35.5. The van der Waals surface area contributed by atoms with E-state index in [1.807, 2.05) is 54.6 Å². The summed E-state index contributed by atoms with van der Waals surface area (Å²) in [6, 6.07) is 22.8. The second-order valence-corrected chi connectivity index (χ2v) is 9.79. The second kappa shape index (κ2) is 9.48. The molecule has 0 unspecified atom stereocenters. The number of primary amides is 1. The zero-order valence-corrected chi connectivity index (χ0v) is 20.0. The molecule has 0 aliphatic carbocycles. The predicted octanol–water partition coefficient (Wildman–Crippen LogP) is 4.29. The molecule has 0 spiro atoms. The summed E-state index contributed by atoms with van der Waals surface area (Å²) >= 11 is 7.68. The van der Waals surface area contributed by atoms with E-state index in [2.05, 4.69) is 10.3 Å². The number of nitrogens with one attached hydrogen (secondary N) is 2. The molecule has 0 saturated carbocycles. The molecule has 0 fully saturated rings. The normalized spacial score (nSPS) is 17.6. The van der Waals surface area contributed by atoms with Gasteiger partial charge in [-0.05, 0) is 35.9 Å². The minimum Gasteiger partial charge on any atom is -0.368 e. The highest BCUT2D eigenvalue weighted by Gasteiger charge is 2.40. The van der Waals surface area contributed by atoms with Gasteiger partial charge in [0.05, 0.1) is 10.9 Å². The lowest BCUT2D eigenvalue weighted by atomic mass is 10.0. The average Bonchev–Trinajstić information content (AvgIpc) is 3.25. The number of nitrogens with zero attached hydrogens (tertiary/aromatic N) is 1. The lowest BCUT2D eigenvalue weighted by Gasteiger charge is -2.28. The Bertz CT molecular complexity index is 1410. The fourth-order valence-electron chi connectivity index (χ4n) is 4.20. The monoisotopic (exact) mass is 504 g/mol. The Morgan fingerprint density at radius 2 is 1.77 bits per heavy atom. The maximum Gasteiger partial charge on any atom is 0.268 e. The standard InChI is InChI=1S/C26H21ClN4O3S/c27-17-10-11-20-21(13-17)35-24(15-6-2-1-3-7-15)23(26(34)31(20)14-22(28)32)30-25(33)19-12-16-8-4-5-9-18(16)29-19/h1-13,23-24,29H,14H2,(H2,28,32)(H,30,33)/t23-,24+/m0/s1. The van der Waals surface area contributed by atoms with Crippen molar-refractivity contribution in [1.82, 2.24) is 10.3 Å². The number of rotatable bonds is 5. The maximum atomic E-state index is 13.9. The third kappa shape index (κ3) is 4.62. The SMILES string of the molecule is NC(=O)CN1C(=O)[C@@H](NC(=O)c2cc3ccccc3[nH]2)[C@@H](c2ccccc2)Sc2cc(Cl)ccc21. The second-order valence-electron chi connectivity index (χ2n) is 8.17. The minimum atomic E-state index is -0.980. The number of halogens is 1. The number of hydrogen-bond donors (Lipinski definition) is 3. The Labute approximate surface area is 210 Å². The Morgan fingerprint density at radius 1 is 1.03 bits per heavy atom. The molecule has 1 aromatic heterocycles. The van der Waals surface area contributed by atoms with Crippen LogP contribution in [0.25, 0.3) is 10.9 Å². The number of thioether (sulfide) groups is 1. The van der Waals surface area contributed by atoms with Crippen molar-refractivity contribution in [3.05, 3.63) is 95.1 Å². The van der Waals surface area contributed by atoms with Crippen LogP contribution in [0.5, 0.6) is 0 Å². The van der Waals surface area contributed by atoms with E-state index in [4.69, 9.17) is 17.3 Å². The van der Waals surface area contributed by atoms with Crippen LogP contribution >= 0.6 is 23.4 Å². The first-order chi connectivity index (χ1) is 16.9. The summed E-state index contributed by atoms with van der Waals surface area (Å²) < 4.78 is 0. The number of para-hydroxylation sites is 1. The van der Waals surface area contributed by atoms with Gasteiger partial charge in [-0.1, -0.05) is 60.1 Å². The molecule has 0 saturated heterocycles. The van der Waals surface area contributed by atoms with Gasteiger partial charge in [0, 0.05) is 20.8 Å². The highest BCUT2D eigenvalue weighted by molar-refractivity contribution is 7.99. The first kappa shape index (κ1) is 23.0. The topological polar surface area (TPSA) is 108 Å². The van der Waals surface area contributed by atoms with Gasteiger partial charge in [-0.2, -0.15) is 0 Å². The number of carbonyl (C=O) groups excluding carboxylic acids is 3. The van der Waals surface area contributed by atoms with Crippen molar-refractivity contribution < 1.29 is 14.4 Å². The Kier molecular flexibility index (Phi) is 6.23. The van der Waals surface area contributed by atoms with Gasteiger partial charge in [-0.25, -0.2) is 0 Å². The number of aromatic amines is 1. The lowest BCUT2D eigenvalue weighted by Crippen LogP contribution is -2.52. The van der Waals surface area contributed by atoms with E-state index in [9.17, 15) is 14.4 Å². The van der Waals surface area contributed by atoms with Gasteiger partial charge in [0.15, 0.2) is 0 Å². The molecule has 3 amide bonds. The highest BCUT2D eigenvalue weighted by Crippen LogP contribution is 2.46. The number of amides is 3. The lowest BCUT2D eigenvalue weighted by molar-refractivity contribution is -0.123. The maximum absolute atomic E-state index is 13.9. The van der Waals surface area contributed by atoms with E-state index >= 15 is 0 Å². The molecule has 4 N–H and O–H groups in total. The van der Waals surface area contributed by atoms with Crippen LogP contribution in [0, 0.1) is 0 Å². The first-order valence-corrected chi connectivity index (χ1v) is 12.2. The summed E-state index contributed by atoms with van der Waals surface area (Å²) in [6.45, 7) is -0.325. The summed E-state index contributed by atoms with van der Waals surface area (Å²) in [5.74, 6) is -1.53. The predicted molar refractivity (Wildman–Crippen MR) is 138 cm³/mol. The van der Waals surface area contributed by atoms with Crippen molar-refractivity contribution in [3.63, 3.8) is 0 Å². The van der Waals surface area contributed by atoms with Crippen LogP contribution in [0.3, 0.4) is 0 Å². The Balaban J connectivity index is 1.58.